The van der Waals surface area contributed by atoms with E-state index in [-0.39, 0.29) is 12.3 Å². The second kappa shape index (κ2) is 6.27. The van der Waals surface area contributed by atoms with Crippen molar-refractivity contribution in [2.45, 2.75) is 25.8 Å². The molecule has 0 aromatic heterocycles. The van der Waals surface area contributed by atoms with Crippen molar-refractivity contribution >= 4 is 11.9 Å². The normalized spacial score (nSPS) is 10.8. The van der Waals surface area contributed by atoms with Crippen LogP contribution in [0.1, 0.15) is 19.4 Å². The summed E-state index contributed by atoms with van der Waals surface area (Å²) in [6, 6.07) is 5.12. The SMILES string of the molecule is COc1ccc(CC(=O)NC(C)(C)C(=O)O)cc1OC. The summed E-state index contributed by atoms with van der Waals surface area (Å²) in [6.45, 7) is 2.86. The molecular weight excluding hydrogens is 262 g/mol. The fraction of sp³-hybridized carbons (Fsp3) is 0.429. The number of hydrogen-bond donors (Lipinski definition) is 2. The summed E-state index contributed by atoms with van der Waals surface area (Å²) in [7, 11) is 3.04. The van der Waals surface area contributed by atoms with E-state index in [4.69, 9.17) is 14.6 Å². The monoisotopic (exact) mass is 281 g/mol. The molecule has 1 amide bonds. The van der Waals surface area contributed by atoms with Gasteiger partial charge >= 0.3 is 5.97 Å². The van der Waals surface area contributed by atoms with Gasteiger partial charge in [-0.05, 0) is 31.5 Å². The van der Waals surface area contributed by atoms with Crippen molar-refractivity contribution in [2.24, 2.45) is 0 Å². The van der Waals surface area contributed by atoms with Crippen LogP contribution in [0, 0.1) is 0 Å². The van der Waals surface area contributed by atoms with E-state index in [1.165, 1.54) is 28.1 Å². The Kier molecular flexibility index (Phi) is 4.96. The minimum Gasteiger partial charge on any atom is -0.493 e. The minimum absolute atomic E-state index is 0.0665. The molecule has 110 valence electrons. The predicted molar refractivity (Wildman–Crippen MR) is 73.1 cm³/mol. The second-order valence-corrected chi connectivity index (χ2v) is 4.84. The average molecular weight is 281 g/mol. The second-order valence-electron chi connectivity index (χ2n) is 4.84. The molecule has 0 aliphatic carbocycles. The summed E-state index contributed by atoms with van der Waals surface area (Å²) >= 11 is 0. The highest BCUT2D eigenvalue weighted by Crippen LogP contribution is 2.27. The number of hydrogen-bond acceptors (Lipinski definition) is 4. The lowest BCUT2D eigenvalue weighted by Gasteiger charge is -2.21. The summed E-state index contributed by atoms with van der Waals surface area (Å²) in [6.07, 6.45) is 0.0665. The molecule has 0 atom stereocenters. The fourth-order valence-electron chi connectivity index (χ4n) is 1.62. The van der Waals surface area contributed by atoms with Gasteiger partial charge in [-0.25, -0.2) is 4.79 Å². The van der Waals surface area contributed by atoms with Gasteiger partial charge in [-0.3, -0.25) is 4.79 Å². The minimum atomic E-state index is -1.30. The third-order valence-electron chi connectivity index (χ3n) is 2.80. The van der Waals surface area contributed by atoms with Gasteiger partial charge in [0.2, 0.25) is 5.91 Å². The molecule has 0 heterocycles. The molecular formula is C14H19NO5. The molecule has 6 heteroatoms. The van der Waals surface area contributed by atoms with E-state index >= 15 is 0 Å². The number of ether oxygens (including phenoxy) is 2. The molecule has 20 heavy (non-hydrogen) atoms. The van der Waals surface area contributed by atoms with Crippen LogP contribution in [-0.2, 0) is 16.0 Å². The number of carbonyl (C=O) groups excluding carboxylic acids is 1. The van der Waals surface area contributed by atoms with Gasteiger partial charge in [-0.2, -0.15) is 0 Å². The Bertz CT molecular complexity index is 510. The lowest BCUT2D eigenvalue weighted by atomic mass is 10.0. The van der Waals surface area contributed by atoms with Crippen LogP contribution in [-0.4, -0.2) is 36.7 Å². The molecule has 0 aliphatic heterocycles. The van der Waals surface area contributed by atoms with Gasteiger partial charge in [0.1, 0.15) is 5.54 Å². The van der Waals surface area contributed by atoms with Gasteiger partial charge in [0.15, 0.2) is 11.5 Å². The van der Waals surface area contributed by atoms with Gasteiger partial charge in [0.25, 0.3) is 0 Å². The molecule has 0 saturated heterocycles. The Morgan fingerprint density at radius 2 is 1.80 bits per heavy atom. The predicted octanol–water partition coefficient (Wildman–Crippen LogP) is 1.23. The number of nitrogens with one attached hydrogen (secondary N) is 1. The summed E-state index contributed by atoms with van der Waals surface area (Å²) in [5, 5.41) is 11.4. The number of benzene rings is 1. The van der Waals surface area contributed by atoms with Crippen LogP contribution in [0.25, 0.3) is 0 Å². The number of amides is 1. The molecule has 6 nitrogen and oxygen atoms in total. The van der Waals surface area contributed by atoms with Crippen molar-refractivity contribution in [3.63, 3.8) is 0 Å². The van der Waals surface area contributed by atoms with Crippen molar-refractivity contribution in [1.82, 2.24) is 5.32 Å². The Morgan fingerprint density at radius 1 is 1.20 bits per heavy atom. The number of methoxy groups -OCH3 is 2. The first kappa shape index (κ1) is 15.8. The molecule has 0 radical (unpaired) electrons. The zero-order valence-electron chi connectivity index (χ0n) is 12.0. The van der Waals surface area contributed by atoms with Gasteiger partial charge in [0, 0.05) is 0 Å². The van der Waals surface area contributed by atoms with E-state index in [1.807, 2.05) is 0 Å². The number of carbonyl (C=O) groups is 2. The number of carboxylic acid groups (broad SMARTS) is 1. The van der Waals surface area contributed by atoms with E-state index in [2.05, 4.69) is 5.32 Å². The van der Waals surface area contributed by atoms with Crippen molar-refractivity contribution in [2.75, 3.05) is 14.2 Å². The van der Waals surface area contributed by atoms with Gasteiger partial charge in [-0.1, -0.05) is 6.07 Å². The largest absolute Gasteiger partial charge is 0.493 e. The van der Waals surface area contributed by atoms with Gasteiger partial charge in [0.05, 0.1) is 20.6 Å². The topological polar surface area (TPSA) is 84.9 Å². The van der Waals surface area contributed by atoms with Crippen LogP contribution in [0.3, 0.4) is 0 Å². The molecule has 0 saturated carbocycles. The number of aliphatic carboxylic acids is 1. The lowest BCUT2D eigenvalue weighted by molar-refractivity contribution is -0.145. The number of rotatable bonds is 6. The summed E-state index contributed by atoms with van der Waals surface area (Å²) in [5.41, 5.74) is -0.588. The maximum Gasteiger partial charge on any atom is 0.328 e. The van der Waals surface area contributed by atoms with Crippen LogP contribution in [0.5, 0.6) is 11.5 Å². The first-order valence-corrected chi connectivity index (χ1v) is 6.05. The third-order valence-corrected chi connectivity index (χ3v) is 2.80. The van der Waals surface area contributed by atoms with Crippen LogP contribution in [0.2, 0.25) is 0 Å². The van der Waals surface area contributed by atoms with E-state index in [9.17, 15) is 9.59 Å². The molecule has 1 aromatic carbocycles. The Hall–Kier alpha value is -2.24. The smallest absolute Gasteiger partial charge is 0.328 e. The lowest BCUT2D eigenvalue weighted by Crippen LogP contribution is -2.50. The molecule has 0 spiro atoms. The molecule has 1 aromatic rings. The highest BCUT2D eigenvalue weighted by atomic mass is 16.5. The molecule has 0 bridgehead atoms. The maximum atomic E-state index is 11.8. The first-order chi connectivity index (χ1) is 9.30. The first-order valence-electron chi connectivity index (χ1n) is 6.05. The van der Waals surface area contributed by atoms with Crippen molar-refractivity contribution in [1.29, 1.82) is 0 Å². The average Bonchev–Trinajstić information content (AvgIpc) is 2.37. The summed E-state index contributed by atoms with van der Waals surface area (Å²) in [4.78, 5) is 22.8. The van der Waals surface area contributed by atoms with Crippen molar-refractivity contribution in [3.8, 4) is 11.5 Å². The zero-order valence-corrected chi connectivity index (χ0v) is 12.0. The van der Waals surface area contributed by atoms with Gasteiger partial charge in [-0.15, -0.1) is 0 Å². The quantitative estimate of drug-likeness (QED) is 0.819. The molecule has 0 unspecified atom stereocenters. The zero-order chi connectivity index (χ0) is 15.3. The van der Waals surface area contributed by atoms with Crippen LogP contribution in [0.4, 0.5) is 0 Å². The van der Waals surface area contributed by atoms with Crippen LogP contribution < -0.4 is 14.8 Å². The van der Waals surface area contributed by atoms with E-state index in [0.717, 1.165) is 0 Å². The molecule has 0 fully saturated rings. The standard InChI is InChI=1S/C14H19NO5/c1-14(2,13(17)18)15-12(16)8-9-5-6-10(19-3)11(7-9)20-4/h5-7H,8H2,1-4H3,(H,15,16)(H,17,18). The third kappa shape index (κ3) is 3.88. The van der Waals surface area contributed by atoms with Crippen molar-refractivity contribution in [3.05, 3.63) is 23.8 Å². The Morgan fingerprint density at radius 3 is 2.30 bits per heavy atom. The van der Waals surface area contributed by atoms with Crippen molar-refractivity contribution < 1.29 is 24.2 Å². The fourth-order valence-corrected chi connectivity index (χ4v) is 1.62. The van der Waals surface area contributed by atoms with Gasteiger partial charge < -0.3 is 19.9 Å². The Labute approximate surface area is 117 Å². The number of carboxylic acids is 1. The maximum absolute atomic E-state index is 11.8. The summed E-state index contributed by atoms with van der Waals surface area (Å²) < 4.78 is 10.3. The Balaban J connectivity index is 2.79. The molecule has 1 rings (SSSR count). The van der Waals surface area contributed by atoms with E-state index < -0.39 is 11.5 Å². The van der Waals surface area contributed by atoms with E-state index in [1.54, 1.807) is 18.2 Å². The molecule has 2 N–H and O–H groups in total. The van der Waals surface area contributed by atoms with Crippen LogP contribution in [0.15, 0.2) is 18.2 Å². The summed E-state index contributed by atoms with van der Waals surface area (Å²) in [5.74, 6) is -0.361. The molecule has 0 aliphatic rings. The highest BCUT2D eigenvalue weighted by molar-refractivity contribution is 5.87. The van der Waals surface area contributed by atoms with E-state index in [0.29, 0.717) is 17.1 Å². The van der Waals surface area contributed by atoms with Crippen LogP contribution >= 0.6 is 0 Å². The highest BCUT2D eigenvalue weighted by Gasteiger charge is 2.28.